The van der Waals surface area contributed by atoms with E-state index in [-0.39, 0.29) is 10.9 Å². The average Bonchev–Trinajstić information content (AvgIpc) is 3.08. The number of carbonyl (C=O) groups is 2. The van der Waals surface area contributed by atoms with Crippen molar-refractivity contribution < 1.29 is 14.3 Å². The smallest absolute Gasteiger partial charge is 0.367 e. The lowest BCUT2D eigenvalue weighted by Crippen LogP contribution is -2.25. The number of rotatable bonds is 7. The molecule has 0 saturated heterocycles. The van der Waals surface area contributed by atoms with Crippen molar-refractivity contribution in [3.8, 4) is 0 Å². The fraction of sp³-hybridized carbons (Fsp3) is 0.615. The first kappa shape index (κ1) is 14.0. The molecular formula is C13H18N2O3S. The van der Waals surface area contributed by atoms with E-state index in [0.717, 1.165) is 23.7 Å². The molecule has 1 aromatic rings. The van der Waals surface area contributed by atoms with Gasteiger partial charge in [-0.3, -0.25) is 4.79 Å². The van der Waals surface area contributed by atoms with Crippen molar-refractivity contribution in [3.63, 3.8) is 0 Å². The lowest BCUT2D eigenvalue weighted by atomic mass is 10.2. The molecule has 0 atom stereocenters. The maximum atomic E-state index is 11.8. The zero-order valence-corrected chi connectivity index (χ0v) is 11.8. The summed E-state index contributed by atoms with van der Waals surface area (Å²) in [5.74, 6) is 0.189. The molecule has 1 aromatic heterocycles. The molecule has 0 bridgehead atoms. The van der Waals surface area contributed by atoms with E-state index >= 15 is 0 Å². The van der Waals surface area contributed by atoms with Crippen LogP contribution in [0.3, 0.4) is 0 Å². The van der Waals surface area contributed by atoms with Crippen molar-refractivity contribution in [2.45, 2.75) is 32.6 Å². The standard InChI is InChI=1S/C13H18N2O3S/c1-2-18-13(17)12-15-10(8-19-12)11(16)14-7-3-4-9-5-6-9/h8-9H,2-7H2,1H3,(H,14,16). The van der Waals surface area contributed by atoms with E-state index in [1.807, 2.05) is 0 Å². The molecule has 1 amide bonds. The molecule has 1 saturated carbocycles. The minimum Gasteiger partial charge on any atom is -0.461 e. The Kier molecular flexibility index (Phi) is 4.90. The molecule has 1 N–H and O–H groups in total. The lowest BCUT2D eigenvalue weighted by molar-refractivity contribution is 0.0526. The molecule has 0 aromatic carbocycles. The first-order valence-electron chi connectivity index (χ1n) is 6.61. The van der Waals surface area contributed by atoms with Gasteiger partial charge in [-0.2, -0.15) is 0 Å². The van der Waals surface area contributed by atoms with E-state index in [9.17, 15) is 9.59 Å². The molecule has 0 radical (unpaired) electrons. The molecule has 104 valence electrons. The van der Waals surface area contributed by atoms with Crippen LogP contribution in [0.4, 0.5) is 0 Å². The fourth-order valence-electron chi connectivity index (χ4n) is 1.75. The van der Waals surface area contributed by atoms with Gasteiger partial charge in [0.15, 0.2) is 0 Å². The van der Waals surface area contributed by atoms with Gasteiger partial charge in [0.1, 0.15) is 5.69 Å². The molecule has 19 heavy (non-hydrogen) atoms. The molecule has 6 heteroatoms. The second kappa shape index (κ2) is 6.65. The summed E-state index contributed by atoms with van der Waals surface area (Å²) >= 11 is 1.13. The van der Waals surface area contributed by atoms with E-state index in [4.69, 9.17) is 4.74 Å². The Morgan fingerprint density at radius 3 is 3.00 bits per heavy atom. The Morgan fingerprint density at radius 1 is 1.53 bits per heavy atom. The van der Waals surface area contributed by atoms with Crippen molar-refractivity contribution in [2.24, 2.45) is 5.92 Å². The summed E-state index contributed by atoms with van der Waals surface area (Å²) in [6.45, 7) is 2.71. The Balaban J connectivity index is 1.76. The van der Waals surface area contributed by atoms with Crippen LogP contribution in [0.5, 0.6) is 0 Å². The van der Waals surface area contributed by atoms with Gasteiger partial charge in [-0.05, 0) is 25.7 Å². The number of amides is 1. The number of nitrogens with zero attached hydrogens (tertiary/aromatic N) is 1. The second-order valence-electron chi connectivity index (χ2n) is 4.60. The third-order valence-corrected chi connectivity index (χ3v) is 3.78. The van der Waals surface area contributed by atoms with Gasteiger partial charge < -0.3 is 10.1 Å². The maximum Gasteiger partial charge on any atom is 0.367 e. The summed E-state index contributed by atoms with van der Waals surface area (Å²) in [7, 11) is 0. The second-order valence-corrected chi connectivity index (χ2v) is 5.46. The minimum atomic E-state index is -0.472. The van der Waals surface area contributed by atoms with E-state index in [0.29, 0.717) is 18.8 Å². The Labute approximate surface area is 116 Å². The van der Waals surface area contributed by atoms with E-state index in [1.165, 1.54) is 19.3 Å². The molecule has 1 heterocycles. The number of hydrogen-bond acceptors (Lipinski definition) is 5. The van der Waals surface area contributed by atoms with Crippen LogP contribution in [-0.2, 0) is 4.74 Å². The molecule has 0 aliphatic heterocycles. The van der Waals surface area contributed by atoms with E-state index in [2.05, 4.69) is 10.3 Å². The summed E-state index contributed by atoms with van der Waals surface area (Å²) in [6, 6.07) is 0. The number of esters is 1. The van der Waals surface area contributed by atoms with Crippen molar-refractivity contribution in [1.29, 1.82) is 0 Å². The quantitative estimate of drug-likeness (QED) is 0.615. The highest BCUT2D eigenvalue weighted by molar-refractivity contribution is 7.11. The van der Waals surface area contributed by atoms with Crippen LogP contribution in [0.2, 0.25) is 0 Å². The predicted octanol–water partition coefficient (Wildman–Crippen LogP) is 2.24. The summed E-state index contributed by atoms with van der Waals surface area (Å²) in [6.07, 6.45) is 4.86. The van der Waals surface area contributed by atoms with Crippen molar-refractivity contribution >= 4 is 23.2 Å². The van der Waals surface area contributed by atoms with Crippen LogP contribution in [0.25, 0.3) is 0 Å². The number of thiazole rings is 1. The van der Waals surface area contributed by atoms with Crippen LogP contribution in [0.1, 0.15) is 52.9 Å². The summed E-state index contributed by atoms with van der Waals surface area (Å²) in [5.41, 5.74) is 0.291. The lowest BCUT2D eigenvalue weighted by Gasteiger charge is -2.02. The monoisotopic (exact) mass is 282 g/mol. The van der Waals surface area contributed by atoms with Gasteiger partial charge in [0, 0.05) is 11.9 Å². The number of carbonyl (C=O) groups excluding carboxylic acids is 2. The first-order chi connectivity index (χ1) is 9.20. The summed E-state index contributed by atoms with van der Waals surface area (Å²) < 4.78 is 4.83. The van der Waals surface area contributed by atoms with Crippen LogP contribution >= 0.6 is 11.3 Å². The third kappa shape index (κ3) is 4.31. The Hall–Kier alpha value is -1.43. The zero-order chi connectivity index (χ0) is 13.7. The topological polar surface area (TPSA) is 68.3 Å². The van der Waals surface area contributed by atoms with Crippen LogP contribution in [-0.4, -0.2) is 30.0 Å². The number of hydrogen-bond donors (Lipinski definition) is 1. The molecule has 2 rings (SSSR count). The van der Waals surface area contributed by atoms with Gasteiger partial charge in [-0.1, -0.05) is 12.8 Å². The highest BCUT2D eigenvalue weighted by atomic mass is 32.1. The van der Waals surface area contributed by atoms with E-state index < -0.39 is 5.97 Å². The fourth-order valence-corrected chi connectivity index (χ4v) is 2.44. The third-order valence-electron chi connectivity index (χ3n) is 2.96. The van der Waals surface area contributed by atoms with E-state index in [1.54, 1.807) is 12.3 Å². The highest BCUT2D eigenvalue weighted by Crippen LogP contribution is 2.33. The van der Waals surface area contributed by atoms with Crippen LogP contribution < -0.4 is 5.32 Å². The molecule has 0 unspecified atom stereocenters. The van der Waals surface area contributed by atoms with Crippen molar-refractivity contribution in [2.75, 3.05) is 13.2 Å². The highest BCUT2D eigenvalue weighted by Gasteiger charge is 2.20. The molecule has 0 spiro atoms. The van der Waals surface area contributed by atoms with Crippen molar-refractivity contribution in [1.82, 2.24) is 10.3 Å². The predicted molar refractivity (Wildman–Crippen MR) is 72.4 cm³/mol. The largest absolute Gasteiger partial charge is 0.461 e. The molecular weight excluding hydrogens is 264 g/mol. The Bertz CT molecular complexity index is 454. The van der Waals surface area contributed by atoms with Gasteiger partial charge in [0.05, 0.1) is 6.61 Å². The van der Waals surface area contributed by atoms with Crippen LogP contribution in [0.15, 0.2) is 5.38 Å². The van der Waals surface area contributed by atoms with Gasteiger partial charge in [-0.15, -0.1) is 11.3 Å². The summed E-state index contributed by atoms with van der Waals surface area (Å²) in [4.78, 5) is 27.2. The maximum absolute atomic E-state index is 11.8. The molecule has 1 fully saturated rings. The minimum absolute atomic E-state index is 0.220. The van der Waals surface area contributed by atoms with Gasteiger partial charge in [-0.25, -0.2) is 9.78 Å². The first-order valence-corrected chi connectivity index (χ1v) is 7.49. The average molecular weight is 282 g/mol. The Morgan fingerprint density at radius 2 is 2.32 bits per heavy atom. The number of nitrogens with one attached hydrogen (secondary N) is 1. The SMILES string of the molecule is CCOC(=O)c1nc(C(=O)NCCCC2CC2)cs1. The van der Waals surface area contributed by atoms with Gasteiger partial charge in [0.2, 0.25) is 5.01 Å². The molecule has 5 nitrogen and oxygen atoms in total. The van der Waals surface area contributed by atoms with Crippen molar-refractivity contribution in [3.05, 3.63) is 16.1 Å². The molecule has 1 aliphatic rings. The normalized spacial score (nSPS) is 14.2. The summed E-state index contributed by atoms with van der Waals surface area (Å²) in [5, 5.41) is 4.63. The molecule has 1 aliphatic carbocycles. The zero-order valence-electron chi connectivity index (χ0n) is 11.0. The van der Waals surface area contributed by atoms with Crippen LogP contribution in [0, 0.1) is 5.92 Å². The van der Waals surface area contributed by atoms with Gasteiger partial charge in [0.25, 0.3) is 5.91 Å². The van der Waals surface area contributed by atoms with Gasteiger partial charge >= 0.3 is 5.97 Å². The number of aromatic nitrogens is 1. The number of ether oxygens (including phenoxy) is 1.